The Morgan fingerprint density at radius 3 is 2.86 bits per heavy atom. The van der Waals surface area contributed by atoms with Crippen molar-refractivity contribution in [2.75, 3.05) is 17.1 Å². The second-order valence-electron chi connectivity index (χ2n) is 5.20. The van der Waals surface area contributed by atoms with E-state index >= 15 is 0 Å². The maximum absolute atomic E-state index is 12.2. The number of carbonyl (C=O) groups is 1. The van der Waals surface area contributed by atoms with Gasteiger partial charge in [-0.2, -0.15) is 0 Å². The van der Waals surface area contributed by atoms with Gasteiger partial charge in [-0.3, -0.25) is 9.10 Å². The number of anilines is 1. The quantitative estimate of drug-likeness (QED) is 0.922. The number of furan rings is 1. The van der Waals surface area contributed by atoms with Gasteiger partial charge < -0.3 is 9.73 Å². The van der Waals surface area contributed by atoms with Crippen LogP contribution >= 0.6 is 11.3 Å². The minimum absolute atomic E-state index is 0.220. The molecule has 2 aromatic heterocycles. The van der Waals surface area contributed by atoms with Crippen molar-refractivity contribution in [1.82, 2.24) is 5.32 Å². The largest absolute Gasteiger partial charge is 0.465 e. The summed E-state index contributed by atoms with van der Waals surface area (Å²) in [5.74, 6) is 1.26. The molecule has 0 bridgehead atoms. The number of fused-ring (bicyclic) bond motifs is 1. The molecular weight excluding hydrogens is 324 g/mol. The number of thiophene rings is 1. The first kappa shape index (κ1) is 15.1. The van der Waals surface area contributed by atoms with E-state index < -0.39 is 10.0 Å². The van der Waals surface area contributed by atoms with Gasteiger partial charge >= 0.3 is 0 Å². The lowest BCUT2D eigenvalue weighted by Crippen LogP contribution is -2.27. The third kappa shape index (κ3) is 2.89. The van der Waals surface area contributed by atoms with Crippen molar-refractivity contribution in [2.24, 2.45) is 0 Å². The number of aryl methyl sites for hydroxylation is 1. The molecular formula is C14H16N2O4S2. The van der Waals surface area contributed by atoms with Crippen LogP contribution in [0.2, 0.25) is 0 Å². The Balaban J connectivity index is 1.72. The molecule has 2 aromatic rings. The molecule has 0 fully saturated rings. The number of hydrogen-bond donors (Lipinski definition) is 1. The molecule has 0 saturated carbocycles. The van der Waals surface area contributed by atoms with Crippen molar-refractivity contribution in [3.8, 4) is 0 Å². The molecule has 3 rings (SSSR count). The Bertz CT molecular complexity index is 820. The maximum Gasteiger partial charge on any atom is 0.261 e. The Labute approximate surface area is 132 Å². The third-order valence-electron chi connectivity index (χ3n) is 3.44. The lowest BCUT2D eigenvalue weighted by molar-refractivity contribution is 0.0952. The molecule has 0 spiro atoms. The highest BCUT2D eigenvalue weighted by Crippen LogP contribution is 2.37. The van der Waals surface area contributed by atoms with Gasteiger partial charge in [-0.15, -0.1) is 11.3 Å². The molecule has 1 N–H and O–H groups in total. The Morgan fingerprint density at radius 1 is 1.45 bits per heavy atom. The molecule has 0 unspecified atom stereocenters. The minimum atomic E-state index is -3.29. The van der Waals surface area contributed by atoms with E-state index in [0.29, 0.717) is 35.8 Å². The van der Waals surface area contributed by atoms with Gasteiger partial charge in [0.15, 0.2) is 0 Å². The normalized spacial score (nSPS) is 14.2. The number of nitrogens with one attached hydrogen (secondary N) is 1. The van der Waals surface area contributed by atoms with Crippen LogP contribution in [0.3, 0.4) is 0 Å². The van der Waals surface area contributed by atoms with Crippen LogP contribution in [0.4, 0.5) is 5.69 Å². The van der Waals surface area contributed by atoms with Crippen molar-refractivity contribution in [2.45, 2.75) is 19.9 Å². The van der Waals surface area contributed by atoms with Crippen LogP contribution in [0.15, 0.2) is 22.6 Å². The summed E-state index contributed by atoms with van der Waals surface area (Å²) < 4.78 is 30.2. The van der Waals surface area contributed by atoms with E-state index in [4.69, 9.17) is 4.42 Å². The maximum atomic E-state index is 12.2. The fourth-order valence-corrected chi connectivity index (χ4v) is 4.49. The minimum Gasteiger partial charge on any atom is -0.465 e. The predicted octanol–water partition coefficient (Wildman–Crippen LogP) is 1.90. The van der Waals surface area contributed by atoms with Crippen LogP contribution in [-0.4, -0.2) is 27.1 Å². The fraction of sp³-hybridized carbons (Fsp3) is 0.357. The average molecular weight is 340 g/mol. The standard InChI is InChI=1S/C14H16N2O4S2/c1-9-3-4-10(20-9)8-15-14(17)13-7-11-12(21-13)5-6-16(11)22(2,18)19/h3-4,7H,5-6,8H2,1-2H3,(H,15,17). The number of nitrogens with zero attached hydrogens (tertiary/aromatic N) is 1. The van der Waals surface area contributed by atoms with Gasteiger partial charge in [-0.25, -0.2) is 8.42 Å². The molecule has 0 atom stereocenters. The van der Waals surface area contributed by atoms with E-state index in [1.807, 2.05) is 19.1 Å². The molecule has 0 radical (unpaired) electrons. The van der Waals surface area contributed by atoms with E-state index in [0.717, 1.165) is 10.6 Å². The number of amides is 1. The van der Waals surface area contributed by atoms with Crippen molar-refractivity contribution in [3.05, 3.63) is 39.5 Å². The van der Waals surface area contributed by atoms with Crippen LogP contribution in [-0.2, 0) is 23.0 Å². The molecule has 0 aromatic carbocycles. The van der Waals surface area contributed by atoms with Gasteiger partial charge in [0, 0.05) is 17.8 Å². The van der Waals surface area contributed by atoms with Gasteiger partial charge in [0.1, 0.15) is 11.5 Å². The smallest absolute Gasteiger partial charge is 0.261 e. The van der Waals surface area contributed by atoms with E-state index in [9.17, 15) is 13.2 Å². The summed E-state index contributed by atoms with van der Waals surface area (Å²) >= 11 is 1.34. The van der Waals surface area contributed by atoms with Gasteiger partial charge in [0.05, 0.1) is 23.4 Å². The molecule has 1 amide bonds. The van der Waals surface area contributed by atoms with Gasteiger partial charge in [0.25, 0.3) is 5.91 Å². The Kier molecular flexibility index (Phi) is 3.73. The second-order valence-corrected chi connectivity index (χ2v) is 8.24. The summed E-state index contributed by atoms with van der Waals surface area (Å²) in [6.45, 7) is 2.60. The molecule has 1 aliphatic rings. The summed E-state index contributed by atoms with van der Waals surface area (Å²) in [5.41, 5.74) is 0.631. The van der Waals surface area contributed by atoms with Gasteiger partial charge in [-0.05, 0) is 25.1 Å². The zero-order valence-electron chi connectivity index (χ0n) is 12.3. The molecule has 3 heterocycles. The summed E-state index contributed by atoms with van der Waals surface area (Å²) in [6, 6.07) is 5.30. The predicted molar refractivity (Wildman–Crippen MR) is 84.8 cm³/mol. The summed E-state index contributed by atoms with van der Waals surface area (Å²) in [4.78, 5) is 13.6. The fourth-order valence-electron chi connectivity index (χ4n) is 2.42. The zero-order valence-corrected chi connectivity index (χ0v) is 13.9. The molecule has 0 saturated heterocycles. The third-order valence-corrected chi connectivity index (χ3v) is 5.80. The van der Waals surface area contributed by atoms with E-state index in [1.54, 1.807) is 6.07 Å². The van der Waals surface area contributed by atoms with Gasteiger partial charge in [-0.1, -0.05) is 0 Å². The van der Waals surface area contributed by atoms with Crippen molar-refractivity contribution in [1.29, 1.82) is 0 Å². The summed E-state index contributed by atoms with van der Waals surface area (Å²) in [6.07, 6.45) is 1.83. The Hall–Kier alpha value is -1.80. The first-order valence-corrected chi connectivity index (χ1v) is 9.45. The highest BCUT2D eigenvalue weighted by Gasteiger charge is 2.29. The topological polar surface area (TPSA) is 79.6 Å². The van der Waals surface area contributed by atoms with Crippen molar-refractivity contribution in [3.63, 3.8) is 0 Å². The number of sulfonamides is 1. The monoisotopic (exact) mass is 340 g/mol. The van der Waals surface area contributed by atoms with E-state index in [2.05, 4.69) is 5.32 Å². The van der Waals surface area contributed by atoms with E-state index in [1.165, 1.54) is 21.9 Å². The van der Waals surface area contributed by atoms with Crippen LogP contribution in [0.5, 0.6) is 0 Å². The number of rotatable bonds is 4. The molecule has 6 nitrogen and oxygen atoms in total. The number of hydrogen-bond acceptors (Lipinski definition) is 5. The van der Waals surface area contributed by atoms with Gasteiger partial charge in [0.2, 0.25) is 10.0 Å². The highest BCUT2D eigenvalue weighted by atomic mass is 32.2. The Morgan fingerprint density at radius 2 is 2.23 bits per heavy atom. The van der Waals surface area contributed by atoms with Crippen molar-refractivity contribution >= 4 is 33.0 Å². The number of carbonyl (C=O) groups excluding carboxylic acids is 1. The highest BCUT2D eigenvalue weighted by molar-refractivity contribution is 7.92. The zero-order chi connectivity index (χ0) is 15.9. The molecule has 1 aliphatic heterocycles. The molecule has 22 heavy (non-hydrogen) atoms. The molecule has 118 valence electrons. The first-order chi connectivity index (χ1) is 10.3. The van der Waals surface area contributed by atoms with Crippen LogP contribution in [0.1, 0.15) is 26.1 Å². The molecule has 8 heteroatoms. The second kappa shape index (κ2) is 5.44. The summed E-state index contributed by atoms with van der Waals surface area (Å²) in [7, 11) is -3.29. The lowest BCUT2D eigenvalue weighted by Gasteiger charge is -2.14. The average Bonchev–Trinajstić information content (AvgIpc) is 3.08. The van der Waals surface area contributed by atoms with Crippen LogP contribution in [0.25, 0.3) is 0 Å². The molecule has 0 aliphatic carbocycles. The van der Waals surface area contributed by atoms with E-state index in [-0.39, 0.29) is 5.91 Å². The van der Waals surface area contributed by atoms with Crippen molar-refractivity contribution < 1.29 is 17.6 Å². The first-order valence-electron chi connectivity index (χ1n) is 6.78. The SMILES string of the molecule is Cc1ccc(CNC(=O)c2cc3c(s2)CCN3S(C)(=O)=O)o1. The lowest BCUT2D eigenvalue weighted by atomic mass is 10.3. The summed E-state index contributed by atoms with van der Waals surface area (Å²) in [5, 5.41) is 2.78. The van der Waals surface area contributed by atoms with Crippen LogP contribution in [0, 0.1) is 6.92 Å². The van der Waals surface area contributed by atoms with Crippen LogP contribution < -0.4 is 9.62 Å².